The summed E-state index contributed by atoms with van der Waals surface area (Å²) >= 11 is 5.75. The molecule has 2 aromatic rings. The van der Waals surface area contributed by atoms with Crippen LogP contribution in [0, 0.1) is 5.82 Å². The summed E-state index contributed by atoms with van der Waals surface area (Å²) in [6.45, 7) is 1.93. The second-order valence-corrected chi connectivity index (χ2v) is 5.03. The van der Waals surface area contributed by atoms with Crippen molar-refractivity contribution in [2.75, 3.05) is 19.5 Å². The first-order valence-electron chi connectivity index (χ1n) is 6.48. The maximum atomic E-state index is 13.8. The molecule has 0 heterocycles. The van der Waals surface area contributed by atoms with Crippen molar-refractivity contribution in [2.45, 2.75) is 13.0 Å². The number of benzene rings is 2. The van der Waals surface area contributed by atoms with Crippen LogP contribution in [0.4, 0.5) is 10.1 Å². The van der Waals surface area contributed by atoms with Gasteiger partial charge < -0.3 is 14.8 Å². The van der Waals surface area contributed by atoms with E-state index in [-0.39, 0.29) is 11.9 Å². The van der Waals surface area contributed by atoms with Gasteiger partial charge >= 0.3 is 0 Å². The Morgan fingerprint density at radius 1 is 1.10 bits per heavy atom. The summed E-state index contributed by atoms with van der Waals surface area (Å²) in [5.74, 6) is 1.01. The topological polar surface area (TPSA) is 30.5 Å². The fraction of sp³-hybridized carbons (Fsp3) is 0.250. The van der Waals surface area contributed by atoms with Gasteiger partial charge in [0.05, 0.1) is 25.9 Å². The summed E-state index contributed by atoms with van der Waals surface area (Å²) in [4.78, 5) is 0. The van der Waals surface area contributed by atoms with Crippen LogP contribution < -0.4 is 14.8 Å². The predicted molar refractivity (Wildman–Crippen MR) is 83.0 cm³/mol. The minimum absolute atomic E-state index is 0.137. The summed E-state index contributed by atoms with van der Waals surface area (Å²) in [6.07, 6.45) is 0. The summed E-state index contributed by atoms with van der Waals surface area (Å²) in [7, 11) is 3.19. The van der Waals surface area contributed by atoms with E-state index in [1.165, 1.54) is 6.07 Å². The van der Waals surface area contributed by atoms with Gasteiger partial charge in [-0.05, 0) is 37.3 Å². The quantitative estimate of drug-likeness (QED) is 0.870. The van der Waals surface area contributed by atoms with Gasteiger partial charge in [-0.1, -0.05) is 11.6 Å². The summed E-state index contributed by atoms with van der Waals surface area (Å²) in [5, 5.41) is 3.48. The molecule has 1 unspecified atom stereocenters. The molecule has 0 radical (unpaired) electrons. The lowest BCUT2D eigenvalue weighted by atomic mass is 10.1. The van der Waals surface area contributed by atoms with E-state index in [4.69, 9.17) is 21.1 Å². The molecule has 0 saturated carbocycles. The molecule has 1 N–H and O–H groups in total. The normalized spacial score (nSPS) is 11.9. The smallest absolute Gasteiger partial charge is 0.147 e. The van der Waals surface area contributed by atoms with Gasteiger partial charge in [0.2, 0.25) is 0 Å². The van der Waals surface area contributed by atoms with Crippen LogP contribution in [-0.2, 0) is 0 Å². The van der Waals surface area contributed by atoms with Crippen LogP contribution >= 0.6 is 11.6 Å². The van der Waals surface area contributed by atoms with E-state index >= 15 is 0 Å². The molecular formula is C16H17ClFNO2. The number of hydrogen-bond donors (Lipinski definition) is 1. The fourth-order valence-electron chi connectivity index (χ4n) is 2.09. The van der Waals surface area contributed by atoms with E-state index in [9.17, 15) is 4.39 Å². The van der Waals surface area contributed by atoms with Crippen LogP contribution in [0.15, 0.2) is 36.4 Å². The Hall–Kier alpha value is -1.94. The molecule has 0 aliphatic rings. The number of rotatable bonds is 5. The van der Waals surface area contributed by atoms with Gasteiger partial charge in [0, 0.05) is 16.7 Å². The first kappa shape index (κ1) is 15.4. The van der Waals surface area contributed by atoms with Crippen LogP contribution in [0.2, 0.25) is 5.02 Å². The minimum atomic E-state index is -0.387. The van der Waals surface area contributed by atoms with E-state index < -0.39 is 0 Å². The van der Waals surface area contributed by atoms with Crippen molar-refractivity contribution in [2.24, 2.45) is 0 Å². The van der Waals surface area contributed by atoms with E-state index in [1.54, 1.807) is 32.4 Å². The number of halogens is 2. The third-order valence-electron chi connectivity index (χ3n) is 3.21. The molecule has 0 aromatic heterocycles. The first-order valence-corrected chi connectivity index (χ1v) is 6.86. The van der Waals surface area contributed by atoms with Gasteiger partial charge in [-0.3, -0.25) is 0 Å². The van der Waals surface area contributed by atoms with Gasteiger partial charge in [-0.2, -0.15) is 0 Å². The van der Waals surface area contributed by atoms with E-state index in [1.807, 2.05) is 19.1 Å². The van der Waals surface area contributed by atoms with E-state index in [0.717, 1.165) is 5.56 Å². The summed E-state index contributed by atoms with van der Waals surface area (Å²) in [5.41, 5.74) is 1.30. The Morgan fingerprint density at radius 2 is 1.86 bits per heavy atom. The molecule has 0 spiro atoms. The predicted octanol–water partition coefficient (Wildman–Crippen LogP) is 4.67. The Morgan fingerprint density at radius 3 is 2.48 bits per heavy atom. The SMILES string of the molecule is COc1ccc(C(C)Nc2ccc(Cl)cc2F)c(OC)c1. The minimum Gasteiger partial charge on any atom is -0.497 e. The molecule has 0 bridgehead atoms. The highest BCUT2D eigenvalue weighted by atomic mass is 35.5. The molecule has 0 aliphatic carbocycles. The van der Waals surface area contributed by atoms with Crippen molar-refractivity contribution in [1.29, 1.82) is 0 Å². The molecular weight excluding hydrogens is 293 g/mol. The molecule has 2 aromatic carbocycles. The first-order chi connectivity index (χ1) is 10.0. The van der Waals surface area contributed by atoms with E-state index in [0.29, 0.717) is 22.2 Å². The van der Waals surface area contributed by atoms with Gasteiger partial charge in [0.1, 0.15) is 17.3 Å². The third-order valence-corrected chi connectivity index (χ3v) is 3.45. The van der Waals surface area contributed by atoms with Crippen molar-refractivity contribution in [1.82, 2.24) is 0 Å². The van der Waals surface area contributed by atoms with Gasteiger partial charge in [0.15, 0.2) is 0 Å². The number of methoxy groups -OCH3 is 2. The zero-order chi connectivity index (χ0) is 15.4. The molecule has 21 heavy (non-hydrogen) atoms. The number of nitrogens with one attached hydrogen (secondary N) is 1. The van der Waals surface area contributed by atoms with Crippen LogP contribution in [0.3, 0.4) is 0 Å². The Bertz CT molecular complexity index is 634. The van der Waals surface area contributed by atoms with Gasteiger partial charge in [0.25, 0.3) is 0 Å². The number of anilines is 1. The Labute approximate surface area is 128 Å². The third kappa shape index (κ3) is 3.58. The number of hydrogen-bond acceptors (Lipinski definition) is 3. The molecule has 0 fully saturated rings. The van der Waals surface area contributed by atoms with Crippen molar-refractivity contribution >= 4 is 17.3 Å². The lowest BCUT2D eigenvalue weighted by Gasteiger charge is -2.19. The van der Waals surface area contributed by atoms with Gasteiger partial charge in [-0.15, -0.1) is 0 Å². The number of ether oxygens (including phenoxy) is 2. The lowest BCUT2D eigenvalue weighted by Crippen LogP contribution is -2.09. The van der Waals surface area contributed by atoms with Crippen molar-refractivity contribution < 1.29 is 13.9 Å². The molecule has 1 atom stereocenters. The Balaban J connectivity index is 2.25. The fourth-order valence-corrected chi connectivity index (χ4v) is 2.25. The van der Waals surface area contributed by atoms with Crippen molar-refractivity contribution in [3.8, 4) is 11.5 Å². The maximum absolute atomic E-state index is 13.8. The second-order valence-electron chi connectivity index (χ2n) is 4.60. The highest BCUT2D eigenvalue weighted by Crippen LogP contribution is 2.32. The standard InChI is InChI=1S/C16H17ClFNO2/c1-10(19-15-7-4-11(17)8-14(15)18)13-6-5-12(20-2)9-16(13)21-3/h4-10,19H,1-3H3. The average Bonchev–Trinajstić information content (AvgIpc) is 2.49. The van der Waals surface area contributed by atoms with Crippen molar-refractivity contribution in [3.05, 3.63) is 52.8 Å². The van der Waals surface area contributed by atoms with Crippen LogP contribution in [0.5, 0.6) is 11.5 Å². The Kier molecular flexibility index (Phi) is 4.91. The molecule has 0 amide bonds. The molecule has 3 nitrogen and oxygen atoms in total. The largest absolute Gasteiger partial charge is 0.497 e. The highest BCUT2D eigenvalue weighted by molar-refractivity contribution is 6.30. The molecule has 2 rings (SSSR count). The lowest BCUT2D eigenvalue weighted by molar-refractivity contribution is 0.390. The maximum Gasteiger partial charge on any atom is 0.147 e. The monoisotopic (exact) mass is 309 g/mol. The molecule has 0 saturated heterocycles. The van der Waals surface area contributed by atoms with E-state index in [2.05, 4.69) is 5.32 Å². The zero-order valence-electron chi connectivity index (χ0n) is 12.1. The van der Waals surface area contributed by atoms with Gasteiger partial charge in [-0.25, -0.2) is 4.39 Å². The van der Waals surface area contributed by atoms with Crippen LogP contribution in [-0.4, -0.2) is 14.2 Å². The molecule has 112 valence electrons. The van der Waals surface area contributed by atoms with Crippen LogP contribution in [0.1, 0.15) is 18.5 Å². The average molecular weight is 310 g/mol. The highest BCUT2D eigenvalue weighted by Gasteiger charge is 2.14. The summed E-state index contributed by atoms with van der Waals surface area (Å²) < 4.78 is 24.4. The molecule has 5 heteroatoms. The zero-order valence-corrected chi connectivity index (χ0v) is 12.9. The molecule has 0 aliphatic heterocycles. The van der Waals surface area contributed by atoms with Crippen molar-refractivity contribution in [3.63, 3.8) is 0 Å². The summed E-state index contributed by atoms with van der Waals surface area (Å²) in [6, 6.07) is 9.93. The second kappa shape index (κ2) is 6.68. The van der Waals surface area contributed by atoms with Crippen LogP contribution in [0.25, 0.3) is 0 Å².